The number of hydrogen-bond acceptors (Lipinski definition) is 2. The number of hydrogen-bond donors (Lipinski definition) is 0. The van der Waals surface area contributed by atoms with E-state index in [-0.39, 0.29) is 7.43 Å². The molecule has 2 atom stereocenters. The van der Waals surface area contributed by atoms with E-state index in [4.69, 9.17) is 0 Å². The lowest BCUT2D eigenvalue weighted by Crippen LogP contribution is -2.29. The fourth-order valence-electron chi connectivity index (χ4n) is 2.49. The van der Waals surface area contributed by atoms with E-state index in [0.717, 1.165) is 0 Å². The van der Waals surface area contributed by atoms with E-state index in [0.29, 0.717) is 12.0 Å². The van der Waals surface area contributed by atoms with Gasteiger partial charge in [-0.05, 0) is 32.6 Å². The third-order valence-electron chi connectivity index (χ3n) is 3.49. The zero-order valence-electron chi connectivity index (χ0n) is 15.9. The van der Waals surface area contributed by atoms with Gasteiger partial charge in [-0.15, -0.1) is 4.95 Å². The van der Waals surface area contributed by atoms with Crippen LogP contribution in [0.1, 0.15) is 74.7 Å². The highest BCUT2D eigenvalue weighted by Gasteiger charge is 2.29. The van der Waals surface area contributed by atoms with E-state index in [1.54, 1.807) is 14.0 Å². The Morgan fingerprint density at radius 2 is 1.70 bits per heavy atom. The van der Waals surface area contributed by atoms with Crippen molar-refractivity contribution in [2.45, 2.75) is 80.7 Å². The Morgan fingerprint density at radius 3 is 1.91 bits per heavy atom. The summed E-state index contributed by atoms with van der Waals surface area (Å²) in [6.45, 7) is 12.6. The lowest BCUT2D eigenvalue weighted by molar-refractivity contribution is 0.236. The van der Waals surface area contributed by atoms with E-state index in [1.807, 2.05) is 0 Å². The van der Waals surface area contributed by atoms with Crippen molar-refractivity contribution in [3.63, 3.8) is 0 Å². The summed E-state index contributed by atoms with van der Waals surface area (Å²) < 4.78 is 0. The Kier molecular flexibility index (Phi) is 21.3. The Balaban J connectivity index is -0.000000287. The number of nitrogens with zero attached hydrogens (tertiary/aromatic N) is 4. The maximum absolute atomic E-state index is 4.44. The molecule has 0 fully saturated rings. The molecule has 1 aliphatic heterocycles. The monoisotopic (exact) mass is 324 g/mol. The van der Waals surface area contributed by atoms with Crippen LogP contribution < -0.4 is 0 Å². The molecule has 0 bridgehead atoms. The van der Waals surface area contributed by atoms with Crippen LogP contribution in [-0.4, -0.2) is 30.9 Å². The van der Waals surface area contributed by atoms with Gasteiger partial charge in [0, 0.05) is 18.7 Å². The summed E-state index contributed by atoms with van der Waals surface area (Å²) in [5.74, 6) is 0.699. The van der Waals surface area contributed by atoms with Gasteiger partial charge in [-0.3, -0.25) is 5.01 Å². The second-order valence-electron chi connectivity index (χ2n) is 5.12. The first-order chi connectivity index (χ1) is 10.5. The normalized spacial score (nSPS) is 18.4. The third-order valence-corrected chi connectivity index (χ3v) is 3.49. The van der Waals surface area contributed by atoms with Crippen LogP contribution >= 0.6 is 0 Å². The number of allylic oxidation sites excluding steroid dienone is 2. The highest BCUT2D eigenvalue weighted by atomic mass is 15.5. The average molecular weight is 325 g/mol. The molecule has 1 rings (SSSR count). The summed E-state index contributed by atoms with van der Waals surface area (Å²) >= 11 is 0. The molecule has 0 radical (unpaired) electrons. The molecule has 0 saturated heterocycles. The molecule has 136 valence electrons. The molecule has 0 aromatic carbocycles. The van der Waals surface area contributed by atoms with Crippen molar-refractivity contribution >= 4 is 5.71 Å². The van der Waals surface area contributed by atoms with Crippen LogP contribution in [0, 0.1) is 12.0 Å². The molecule has 4 nitrogen and oxygen atoms in total. The fraction of sp³-hybridized carbons (Fsp3) is 0.789. The highest BCUT2D eigenvalue weighted by Crippen LogP contribution is 2.25. The van der Waals surface area contributed by atoms with Gasteiger partial charge in [-0.25, -0.2) is 0 Å². The van der Waals surface area contributed by atoms with Crippen molar-refractivity contribution in [1.82, 2.24) is 5.01 Å². The minimum atomic E-state index is 0. The van der Waals surface area contributed by atoms with Crippen molar-refractivity contribution in [3.05, 3.63) is 22.5 Å². The highest BCUT2D eigenvalue weighted by molar-refractivity contribution is 5.86. The maximum Gasteiger partial charge on any atom is 0.267 e. The van der Waals surface area contributed by atoms with Gasteiger partial charge in [-0.1, -0.05) is 54.3 Å². The van der Waals surface area contributed by atoms with Crippen molar-refractivity contribution in [3.8, 4) is 6.07 Å². The van der Waals surface area contributed by atoms with Gasteiger partial charge < -0.3 is 5.43 Å². The molecule has 0 spiro atoms. The van der Waals surface area contributed by atoms with Gasteiger partial charge in [0.1, 0.15) is 0 Å². The van der Waals surface area contributed by atoms with Crippen LogP contribution in [0.4, 0.5) is 0 Å². The standard InChI is InChI=1S/C9H18N2.C6H12.C3H6N2.CH4/c1-5-8-7(3)10-11(4)9(8)6-2;1-3-5-6-4-2;1-3-5-4-2;/h8-9H,5-6H2,1-4H3;5-6H,3-4H2,1-2H3;1-2H3;1H4/b;6-5-;;. The number of rotatable bonds is 4. The lowest BCUT2D eigenvalue weighted by atomic mass is 9.92. The zero-order valence-corrected chi connectivity index (χ0v) is 15.9. The van der Waals surface area contributed by atoms with E-state index in [1.165, 1.54) is 31.4 Å². The zero-order chi connectivity index (χ0) is 17.4. The molecule has 0 saturated carbocycles. The maximum atomic E-state index is 4.44. The molecule has 0 aliphatic carbocycles. The summed E-state index contributed by atoms with van der Waals surface area (Å²) in [4.78, 5) is 3.35. The van der Waals surface area contributed by atoms with E-state index in [9.17, 15) is 0 Å². The molecule has 23 heavy (non-hydrogen) atoms. The lowest BCUT2D eigenvalue weighted by Gasteiger charge is -2.22. The van der Waals surface area contributed by atoms with Gasteiger partial charge in [-0.2, -0.15) is 5.10 Å². The second kappa shape index (κ2) is 18.5. The summed E-state index contributed by atoms with van der Waals surface area (Å²) in [6, 6.07) is 3.13. The number of hydrazone groups is 1. The van der Waals surface area contributed by atoms with Crippen molar-refractivity contribution in [2.24, 2.45) is 11.0 Å². The Bertz CT molecular complexity index is 357. The van der Waals surface area contributed by atoms with Gasteiger partial charge in [0.05, 0.1) is 13.0 Å². The van der Waals surface area contributed by atoms with Crippen molar-refractivity contribution < 1.29 is 0 Å². The van der Waals surface area contributed by atoms with Crippen LogP contribution in [0.15, 0.2) is 17.3 Å². The SMILES string of the molecule is C.CC#[N+][N-]C.CC/C=C\CC.CCC1C(C)=NN(C)C1CC. The Morgan fingerprint density at radius 1 is 1.17 bits per heavy atom. The molecule has 1 heterocycles. The van der Waals surface area contributed by atoms with Crippen LogP contribution in [0.3, 0.4) is 0 Å². The van der Waals surface area contributed by atoms with E-state index < -0.39 is 0 Å². The third kappa shape index (κ3) is 12.7. The fourth-order valence-corrected chi connectivity index (χ4v) is 2.49. The van der Waals surface area contributed by atoms with Crippen LogP contribution in [0.25, 0.3) is 10.4 Å². The average Bonchev–Trinajstić information content (AvgIpc) is 2.80. The van der Waals surface area contributed by atoms with Gasteiger partial charge in [0.15, 0.2) is 0 Å². The first-order valence-corrected chi connectivity index (χ1v) is 8.42. The van der Waals surface area contributed by atoms with Gasteiger partial charge >= 0.3 is 0 Å². The first kappa shape index (κ1) is 26.4. The summed E-state index contributed by atoms with van der Waals surface area (Å²) in [5, 5.41) is 6.56. The van der Waals surface area contributed by atoms with Gasteiger partial charge in [0.25, 0.3) is 6.07 Å². The van der Waals surface area contributed by atoms with E-state index >= 15 is 0 Å². The second-order valence-corrected chi connectivity index (χ2v) is 5.12. The van der Waals surface area contributed by atoms with Gasteiger partial charge in [0.2, 0.25) is 0 Å². The summed E-state index contributed by atoms with van der Waals surface area (Å²) in [7, 11) is 3.68. The largest absolute Gasteiger partial charge is 0.312 e. The molecule has 2 unspecified atom stereocenters. The molecular weight excluding hydrogens is 284 g/mol. The molecule has 0 aromatic heterocycles. The smallest absolute Gasteiger partial charge is 0.267 e. The molecule has 4 heteroatoms. The quantitative estimate of drug-likeness (QED) is 0.437. The predicted molar refractivity (Wildman–Crippen MR) is 107 cm³/mol. The van der Waals surface area contributed by atoms with E-state index in [2.05, 4.69) is 80.4 Å². The molecule has 1 aliphatic rings. The summed E-state index contributed by atoms with van der Waals surface area (Å²) in [6.07, 6.45) is 9.13. The summed E-state index contributed by atoms with van der Waals surface area (Å²) in [5.41, 5.74) is 4.68. The molecule has 0 amide bonds. The minimum Gasteiger partial charge on any atom is -0.312 e. The minimum absolute atomic E-state index is 0. The van der Waals surface area contributed by atoms with Crippen molar-refractivity contribution in [1.29, 1.82) is 0 Å². The Labute approximate surface area is 145 Å². The van der Waals surface area contributed by atoms with Crippen LogP contribution in [-0.2, 0) is 0 Å². The predicted octanol–water partition coefficient (Wildman–Crippen LogP) is 6.37. The van der Waals surface area contributed by atoms with Crippen LogP contribution in [0.5, 0.6) is 0 Å². The molecule has 0 N–H and O–H groups in total. The topological polar surface area (TPSA) is 34.1 Å². The molecule has 0 aromatic rings. The first-order valence-electron chi connectivity index (χ1n) is 8.42. The van der Waals surface area contributed by atoms with Crippen LogP contribution in [0.2, 0.25) is 0 Å². The van der Waals surface area contributed by atoms with Crippen molar-refractivity contribution in [2.75, 3.05) is 14.1 Å². The molecular formula is C19H40N4. The Hall–Kier alpha value is -1.50.